The van der Waals surface area contributed by atoms with Crippen molar-refractivity contribution >= 4 is 23.3 Å². The van der Waals surface area contributed by atoms with Crippen molar-refractivity contribution in [2.75, 3.05) is 17.2 Å². The molecule has 2 aromatic rings. The normalized spacial score (nSPS) is 19.3. The van der Waals surface area contributed by atoms with Crippen molar-refractivity contribution in [1.82, 2.24) is 4.90 Å². The number of hydrogen-bond donors (Lipinski definition) is 3. The standard InChI is InChI=1S/C18H17F2N3O3/c19-13-7-4-8-14(16(13)20)22-17(25)15-9-12(24)10-23(15)18(26)21-11-5-2-1-3-6-11/h1-8,12,15,24H,9-10H2,(H,21,26)(H,22,25)/t12-,15+/m0/s1. The summed E-state index contributed by atoms with van der Waals surface area (Å²) < 4.78 is 27.0. The number of aliphatic hydroxyl groups is 1. The third-order valence-electron chi connectivity index (χ3n) is 4.08. The van der Waals surface area contributed by atoms with Crippen molar-refractivity contribution < 1.29 is 23.5 Å². The zero-order chi connectivity index (χ0) is 18.7. The maximum absolute atomic E-state index is 13.7. The van der Waals surface area contributed by atoms with Gasteiger partial charge in [-0.05, 0) is 24.3 Å². The van der Waals surface area contributed by atoms with E-state index < -0.39 is 35.7 Å². The Kier molecular flexibility index (Phi) is 5.13. The minimum Gasteiger partial charge on any atom is -0.391 e. The molecule has 0 spiro atoms. The molecule has 2 aromatic carbocycles. The molecule has 1 saturated heterocycles. The van der Waals surface area contributed by atoms with Crippen LogP contribution in [0.25, 0.3) is 0 Å². The minimum absolute atomic E-state index is 0.00494. The second-order valence-corrected chi connectivity index (χ2v) is 5.94. The highest BCUT2D eigenvalue weighted by Gasteiger charge is 2.39. The van der Waals surface area contributed by atoms with Gasteiger partial charge < -0.3 is 20.6 Å². The van der Waals surface area contributed by atoms with Gasteiger partial charge in [-0.3, -0.25) is 4.79 Å². The van der Waals surface area contributed by atoms with Crippen molar-refractivity contribution in [3.05, 3.63) is 60.2 Å². The molecule has 3 N–H and O–H groups in total. The Morgan fingerprint density at radius 3 is 2.50 bits per heavy atom. The number of nitrogens with zero attached hydrogens (tertiary/aromatic N) is 1. The van der Waals surface area contributed by atoms with E-state index in [0.717, 1.165) is 6.07 Å². The van der Waals surface area contributed by atoms with Crippen LogP contribution in [-0.2, 0) is 4.79 Å². The predicted octanol–water partition coefficient (Wildman–Crippen LogP) is 2.57. The molecule has 6 nitrogen and oxygen atoms in total. The largest absolute Gasteiger partial charge is 0.391 e. The third kappa shape index (κ3) is 3.80. The smallest absolute Gasteiger partial charge is 0.322 e. The number of nitrogens with one attached hydrogen (secondary N) is 2. The maximum Gasteiger partial charge on any atom is 0.322 e. The molecule has 0 bridgehead atoms. The zero-order valence-electron chi connectivity index (χ0n) is 13.7. The molecule has 1 fully saturated rings. The van der Waals surface area contributed by atoms with E-state index in [2.05, 4.69) is 10.6 Å². The molecular weight excluding hydrogens is 344 g/mol. The Balaban J connectivity index is 1.73. The second-order valence-electron chi connectivity index (χ2n) is 5.94. The highest BCUT2D eigenvalue weighted by molar-refractivity contribution is 5.99. The fourth-order valence-corrected chi connectivity index (χ4v) is 2.82. The Bertz CT molecular complexity index is 817. The van der Waals surface area contributed by atoms with Gasteiger partial charge >= 0.3 is 6.03 Å². The maximum atomic E-state index is 13.7. The summed E-state index contributed by atoms with van der Waals surface area (Å²) in [7, 11) is 0. The fourth-order valence-electron chi connectivity index (χ4n) is 2.82. The molecule has 1 aliphatic heterocycles. The van der Waals surface area contributed by atoms with Crippen LogP contribution in [0.1, 0.15) is 6.42 Å². The summed E-state index contributed by atoms with van der Waals surface area (Å²) >= 11 is 0. The number of amides is 3. The van der Waals surface area contributed by atoms with E-state index in [-0.39, 0.29) is 18.7 Å². The van der Waals surface area contributed by atoms with E-state index >= 15 is 0 Å². The average Bonchev–Trinajstić information content (AvgIpc) is 3.02. The second kappa shape index (κ2) is 7.49. The van der Waals surface area contributed by atoms with Gasteiger partial charge in [0.05, 0.1) is 11.8 Å². The van der Waals surface area contributed by atoms with Gasteiger partial charge in [0.25, 0.3) is 0 Å². The number of likely N-dealkylation sites (tertiary alicyclic amines) is 1. The first-order chi connectivity index (χ1) is 12.5. The molecule has 3 rings (SSSR count). The summed E-state index contributed by atoms with van der Waals surface area (Å²) in [6.07, 6.45) is -0.880. The van der Waals surface area contributed by atoms with Crippen LogP contribution in [-0.4, -0.2) is 40.6 Å². The molecular formula is C18H17F2N3O3. The number of anilines is 2. The first-order valence-corrected chi connectivity index (χ1v) is 8.01. The number of benzene rings is 2. The Hall–Kier alpha value is -3.00. The molecule has 26 heavy (non-hydrogen) atoms. The van der Waals surface area contributed by atoms with Crippen LogP contribution in [0.5, 0.6) is 0 Å². The first kappa shape index (κ1) is 17.8. The van der Waals surface area contributed by atoms with Crippen LogP contribution in [0, 0.1) is 11.6 Å². The van der Waals surface area contributed by atoms with Crippen LogP contribution in [0.4, 0.5) is 25.0 Å². The summed E-state index contributed by atoms with van der Waals surface area (Å²) in [6, 6.07) is 10.5. The van der Waals surface area contributed by atoms with E-state index in [1.54, 1.807) is 30.3 Å². The van der Waals surface area contributed by atoms with E-state index in [0.29, 0.717) is 5.69 Å². The third-order valence-corrected chi connectivity index (χ3v) is 4.08. The van der Waals surface area contributed by atoms with E-state index in [4.69, 9.17) is 0 Å². The lowest BCUT2D eigenvalue weighted by Crippen LogP contribution is -2.45. The van der Waals surface area contributed by atoms with E-state index in [9.17, 15) is 23.5 Å². The first-order valence-electron chi connectivity index (χ1n) is 8.01. The zero-order valence-corrected chi connectivity index (χ0v) is 13.7. The Morgan fingerprint density at radius 2 is 1.77 bits per heavy atom. The molecule has 1 aliphatic rings. The number of carbonyl (C=O) groups is 2. The topological polar surface area (TPSA) is 81.7 Å². The van der Waals surface area contributed by atoms with Crippen molar-refractivity contribution in [3.8, 4) is 0 Å². The molecule has 136 valence electrons. The molecule has 0 saturated carbocycles. The number of β-amino-alcohol motifs (C(OH)–C–C–N with tert-alkyl or cyclic N) is 1. The van der Waals surface area contributed by atoms with Gasteiger partial charge in [-0.15, -0.1) is 0 Å². The van der Waals surface area contributed by atoms with Crippen molar-refractivity contribution in [1.29, 1.82) is 0 Å². The molecule has 2 atom stereocenters. The number of rotatable bonds is 3. The van der Waals surface area contributed by atoms with Gasteiger partial charge in [-0.2, -0.15) is 0 Å². The molecule has 0 aliphatic carbocycles. The summed E-state index contributed by atoms with van der Waals surface area (Å²) in [5.41, 5.74) is 0.217. The SMILES string of the molecule is O=C(Nc1cccc(F)c1F)[C@H]1C[C@H](O)CN1C(=O)Nc1ccccc1. The number of hydrogen-bond acceptors (Lipinski definition) is 3. The number of halogens is 2. The Labute approximate surface area is 148 Å². The highest BCUT2D eigenvalue weighted by atomic mass is 19.2. The molecule has 0 aromatic heterocycles. The van der Waals surface area contributed by atoms with Gasteiger partial charge in [0.2, 0.25) is 5.91 Å². The van der Waals surface area contributed by atoms with Gasteiger partial charge in [0, 0.05) is 18.7 Å². The van der Waals surface area contributed by atoms with Crippen LogP contribution in [0.2, 0.25) is 0 Å². The van der Waals surface area contributed by atoms with Gasteiger partial charge in [-0.25, -0.2) is 13.6 Å². The van der Waals surface area contributed by atoms with Crippen LogP contribution in [0.15, 0.2) is 48.5 Å². The lowest BCUT2D eigenvalue weighted by Gasteiger charge is -2.24. The number of aliphatic hydroxyl groups excluding tert-OH is 1. The lowest BCUT2D eigenvalue weighted by atomic mass is 10.1. The van der Waals surface area contributed by atoms with Crippen LogP contribution >= 0.6 is 0 Å². The monoisotopic (exact) mass is 361 g/mol. The fraction of sp³-hybridized carbons (Fsp3) is 0.222. The van der Waals surface area contributed by atoms with Crippen LogP contribution < -0.4 is 10.6 Å². The Morgan fingerprint density at radius 1 is 1.04 bits per heavy atom. The van der Waals surface area contributed by atoms with Crippen LogP contribution in [0.3, 0.4) is 0 Å². The summed E-state index contributed by atoms with van der Waals surface area (Å²) in [4.78, 5) is 26.1. The molecule has 8 heteroatoms. The van der Waals surface area contributed by atoms with Crippen molar-refractivity contribution in [2.24, 2.45) is 0 Å². The van der Waals surface area contributed by atoms with Gasteiger partial charge in [0.1, 0.15) is 6.04 Å². The average molecular weight is 361 g/mol. The quantitative estimate of drug-likeness (QED) is 0.786. The summed E-state index contributed by atoms with van der Waals surface area (Å²) in [5.74, 6) is -2.97. The van der Waals surface area contributed by atoms with Gasteiger partial charge in [0.15, 0.2) is 11.6 Å². The van der Waals surface area contributed by atoms with E-state index in [1.807, 2.05) is 0 Å². The van der Waals surface area contributed by atoms with Gasteiger partial charge in [-0.1, -0.05) is 24.3 Å². The number of carbonyl (C=O) groups excluding carboxylic acids is 2. The molecule has 3 amide bonds. The molecule has 0 radical (unpaired) electrons. The molecule has 0 unspecified atom stereocenters. The van der Waals surface area contributed by atoms with Crippen molar-refractivity contribution in [3.63, 3.8) is 0 Å². The summed E-state index contributed by atoms with van der Waals surface area (Å²) in [5, 5.41) is 14.8. The lowest BCUT2D eigenvalue weighted by molar-refractivity contribution is -0.119. The number of urea groups is 1. The molecule has 1 heterocycles. The van der Waals surface area contributed by atoms with E-state index in [1.165, 1.54) is 17.0 Å². The minimum atomic E-state index is -1.18. The highest BCUT2D eigenvalue weighted by Crippen LogP contribution is 2.23. The predicted molar refractivity (Wildman–Crippen MR) is 91.6 cm³/mol. The number of para-hydroxylation sites is 1. The summed E-state index contributed by atoms with van der Waals surface area (Å²) in [6.45, 7) is -0.0393. The van der Waals surface area contributed by atoms with Crippen molar-refractivity contribution in [2.45, 2.75) is 18.6 Å².